The maximum atomic E-state index is 9.09. The fraction of sp³-hybridized carbons (Fsp3) is 0.360. The smallest absolute Gasteiger partial charge is 0.376 e. The first-order chi connectivity index (χ1) is 43.6. The summed E-state index contributed by atoms with van der Waals surface area (Å²) in [5.74, 6) is 0.219. The molecule has 3 aliphatic carbocycles. The standard InChI is InChI=1S/3C25H23N6.3Ir/c3*1-23(2)17-10-8-15(12-18(17)24(3,4)25(23,5)6)19-11-9-16(14-28-19)21-29-20(13-26)30-22(27-7)31-21;;;/h3*9-12,14H,1-6H3;;;/q3*-1;;;. The van der Waals surface area contributed by atoms with Crippen LogP contribution in [0, 0.1) is 88.2 Å². The van der Waals surface area contributed by atoms with Gasteiger partial charge in [-0.1, -0.05) is 161 Å². The maximum Gasteiger partial charge on any atom is 0.376 e. The molecule has 21 heteroatoms. The van der Waals surface area contributed by atoms with E-state index in [1.807, 2.05) is 54.6 Å². The van der Waals surface area contributed by atoms with Gasteiger partial charge in [-0.15, -0.1) is 154 Å². The molecule has 6 heterocycles. The molecule has 0 saturated heterocycles. The Kier molecular flexibility index (Phi) is 20.6. The molecular formula is C75H69Ir3N18-3. The molecule has 0 fully saturated rings. The predicted molar refractivity (Wildman–Crippen MR) is 354 cm³/mol. The summed E-state index contributed by atoms with van der Waals surface area (Å²) in [7, 11) is 0. The summed E-state index contributed by atoms with van der Waals surface area (Å²) in [6, 6.07) is 40.0. The van der Waals surface area contributed by atoms with E-state index in [-0.39, 0.29) is 162 Å². The normalized spacial score (nSPS) is 16.9. The third kappa shape index (κ3) is 12.2. The molecule has 3 aromatic carbocycles. The average Bonchev–Trinajstić information content (AvgIpc) is 1.56. The van der Waals surface area contributed by atoms with Crippen LogP contribution in [-0.2, 0) is 92.8 Å². The van der Waals surface area contributed by atoms with Crippen molar-refractivity contribution in [2.24, 2.45) is 16.2 Å². The number of rotatable bonds is 6. The van der Waals surface area contributed by atoms with E-state index in [2.05, 4.69) is 254 Å². The first kappa shape index (κ1) is 74.4. The number of fused-ring (bicyclic) bond motifs is 3. The quantitative estimate of drug-likeness (QED) is 0.141. The zero-order valence-corrected chi connectivity index (χ0v) is 63.9. The van der Waals surface area contributed by atoms with Crippen LogP contribution in [0.15, 0.2) is 91.4 Å². The fourth-order valence-electron chi connectivity index (χ4n) is 13.2. The molecule has 3 radical (unpaired) electrons. The van der Waals surface area contributed by atoms with Gasteiger partial charge in [0.1, 0.15) is 0 Å². The monoisotopic (exact) mass is 1800 g/mol. The minimum absolute atomic E-state index is 0. The Morgan fingerprint density at radius 3 is 0.760 bits per heavy atom. The van der Waals surface area contributed by atoms with Crippen molar-refractivity contribution in [3.05, 3.63) is 195 Å². The van der Waals surface area contributed by atoms with Crippen LogP contribution in [0.3, 0.4) is 0 Å². The predicted octanol–water partition coefficient (Wildman–Crippen LogP) is 16.2. The van der Waals surface area contributed by atoms with Crippen molar-refractivity contribution in [1.82, 2.24) is 59.8 Å². The van der Waals surface area contributed by atoms with Gasteiger partial charge in [0.25, 0.3) is 17.5 Å². The third-order valence-corrected chi connectivity index (χ3v) is 22.6. The van der Waals surface area contributed by atoms with Gasteiger partial charge in [-0.2, -0.15) is 30.7 Å². The van der Waals surface area contributed by atoms with Crippen molar-refractivity contribution in [3.63, 3.8) is 0 Å². The largest absolute Gasteiger partial charge is 0.394 e. The van der Waals surface area contributed by atoms with Crippen LogP contribution in [-0.4, -0.2) is 59.8 Å². The maximum absolute atomic E-state index is 9.09. The zero-order chi connectivity index (χ0) is 67.8. The first-order valence-electron chi connectivity index (χ1n) is 30.3. The van der Waals surface area contributed by atoms with Crippen LogP contribution in [0.25, 0.3) is 82.5 Å². The van der Waals surface area contributed by atoms with Crippen molar-refractivity contribution in [2.45, 2.75) is 157 Å². The van der Waals surface area contributed by atoms with Crippen molar-refractivity contribution in [3.8, 4) is 86.1 Å². The number of hydrogen-bond acceptors (Lipinski definition) is 15. The number of pyridine rings is 3. The van der Waals surface area contributed by atoms with Crippen LogP contribution in [0.1, 0.15) is 175 Å². The van der Waals surface area contributed by atoms with Gasteiger partial charge in [-0.25, -0.2) is 0 Å². The Bertz CT molecular complexity index is 4220. The molecular weight excluding hydrogens is 1730 g/mol. The molecule has 0 saturated carbocycles. The van der Waals surface area contributed by atoms with E-state index < -0.39 is 0 Å². The Balaban J connectivity index is 0.000000200. The molecule has 0 bridgehead atoms. The van der Waals surface area contributed by atoms with Gasteiger partial charge in [-0.3, -0.25) is 0 Å². The third-order valence-electron chi connectivity index (χ3n) is 22.6. The van der Waals surface area contributed by atoms with E-state index >= 15 is 0 Å². The molecule has 3 aliphatic rings. The molecule has 0 unspecified atom stereocenters. The van der Waals surface area contributed by atoms with Crippen molar-refractivity contribution < 1.29 is 60.3 Å². The number of nitrogens with zero attached hydrogens (tertiary/aromatic N) is 18. The van der Waals surface area contributed by atoms with E-state index in [9.17, 15) is 0 Å². The molecule has 0 spiro atoms. The summed E-state index contributed by atoms with van der Waals surface area (Å²) in [5, 5.41) is 27.3. The molecule has 12 rings (SSSR count). The molecule has 96 heavy (non-hydrogen) atoms. The Labute approximate surface area is 603 Å². The van der Waals surface area contributed by atoms with Crippen LogP contribution in [0.5, 0.6) is 0 Å². The number of benzene rings is 3. The minimum atomic E-state index is -0.106. The van der Waals surface area contributed by atoms with Crippen LogP contribution < -0.4 is 0 Å². The second-order valence-electron chi connectivity index (χ2n) is 28.5. The Morgan fingerprint density at radius 1 is 0.333 bits per heavy atom. The van der Waals surface area contributed by atoms with Crippen LogP contribution >= 0.6 is 0 Å². The van der Waals surface area contributed by atoms with Crippen molar-refractivity contribution >= 4 is 17.8 Å². The van der Waals surface area contributed by atoms with Gasteiger partial charge in [0.2, 0.25) is 17.5 Å². The van der Waals surface area contributed by atoms with Gasteiger partial charge in [0.15, 0.2) is 18.2 Å². The summed E-state index contributed by atoms with van der Waals surface area (Å²) in [4.78, 5) is 59.3. The molecule has 0 N–H and O–H groups in total. The zero-order valence-electron chi connectivity index (χ0n) is 56.7. The number of hydrogen-bond donors (Lipinski definition) is 0. The Hall–Kier alpha value is -8.97. The minimum Gasteiger partial charge on any atom is -0.394 e. The number of nitriles is 3. The Morgan fingerprint density at radius 2 is 0.562 bits per heavy atom. The summed E-state index contributed by atoms with van der Waals surface area (Å²) < 4.78 is 0. The van der Waals surface area contributed by atoms with Gasteiger partial charge in [0, 0.05) is 78.9 Å². The second kappa shape index (κ2) is 26.6. The van der Waals surface area contributed by atoms with Gasteiger partial charge in [-0.05, 0) is 65.8 Å². The molecule has 489 valence electrons. The molecule has 9 aromatic rings. The van der Waals surface area contributed by atoms with Crippen LogP contribution in [0.4, 0.5) is 17.8 Å². The van der Waals surface area contributed by atoms with E-state index in [4.69, 9.17) is 35.5 Å². The number of aromatic nitrogens is 12. The molecule has 0 atom stereocenters. The van der Waals surface area contributed by atoms with Crippen molar-refractivity contribution in [2.75, 3.05) is 0 Å². The van der Waals surface area contributed by atoms with Gasteiger partial charge in [0.05, 0.1) is 16.7 Å². The summed E-state index contributed by atoms with van der Waals surface area (Å²) in [6.45, 7) is 63.0. The average molecular weight is 1800 g/mol. The van der Waals surface area contributed by atoms with E-state index in [0.717, 1.165) is 33.8 Å². The molecule has 0 aliphatic heterocycles. The summed E-state index contributed by atoms with van der Waals surface area (Å²) >= 11 is 0. The van der Waals surface area contributed by atoms with E-state index in [1.165, 1.54) is 33.4 Å². The topological polar surface area (TPSA) is 239 Å². The van der Waals surface area contributed by atoms with Crippen LogP contribution in [0.2, 0.25) is 0 Å². The van der Waals surface area contributed by atoms with Gasteiger partial charge < -0.3 is 29.5 Å². The molecule has 18 nitrogen and oxygen atoms in total. The first-order valence-corrected chi connectivity index (χ1v) is 30.3. The summed E-state index contributed by atoms with van der Waals surface area (Å²) in [5.41, 5.74) is 15.4. The summed E-state index contributed by atoms with van der Waals surface area (Å²) in [6.07, 6.45) is 4.96. The van der Waals surface area contributed by atoms with Crippen molar-refractivity contribution in [1.29, 1.82) is 15.8 Å². The van der Waals surface area contributed by atoms with E-state index in [0.29, 0.717) is 16.7 Å². The molecule has 0 amide bonds. The SMILES string of the molecule is [C-]#[N+]c1nc(C#N)nc(-c2ccc(-c3[c-]cc4c(c3)C(C)(C)C(C)(C)C4(C)C)nc2)n1.[C-]#[N+]c1nc(C#N)nc(-c2ccc(-c3[c-]cc4c(c3)C(C)(C)C(C)(C)C4(C)C)nc2)n1.[C-]#[N+]c1nc(C#N)nc(-c2ccc(-c3[c-]cc4c(c3)C(C)(C)C(C)(C)C4(C)C)nc2)n1.[Ir].[Ir].[Ir]. The second-order valence-corrected chi connectivity index (χ2v) is 28.5. The van der Waals surface area contributed by atoms with E-state index in [1.54, 1.807) is 18.6 Å². The van der Waals surface area contributed by atoms with Gasteiger partial charge >= 0.3 is 17.8 Å². The molecule has 6 aromatic heterocycles. The fourth-order valence-corrected chi connectivity index (χ4v) is 13.2.